The fraction of sp³-hybridized carbons (Fsp3) is 0.250. The third kappa shape index (κ3) is 3.17. The second kappa shape index (κ2) is 6.95. The molecule has 3 heterocycles. The number of imide groups is 2. The van der Waals surface area contributed by atoms with Crippen LogP contribution in [0.5, 0.6) is 0 Å². The number of amides is 4. The molecule has 0 saturated carbocycles. The molecule has 4 amide bonds. The molecule has 1 fully saturated rings. The van der Waals surface area contributed by atoms with Gasteiger partial charge in [-0.05, 0) is 55.7 Å². The van der Waals surface area contributed by atoms with Gasteiger partial charge in [0.2, 0.25) is 0 Å². The summed E-state index contributed by atoms with van der Waals surface area (Å²) in [5.74, 6) is -1.37. The summed E-state index contributed by atoms with van der Waals surface area (Å²) < 4.78 is 18.8. The van der Waals surface area contributed by atoms with Crippen molar-refractivity contribution in [3.8, 4) is 0 Å². The predicted octanol–water partition coefficient (Wildman–Crippen LogP) is 2.72. The number of carbonyl (C=O) groups excluding carboxylic acids is 3. The summed E-state index contributed by atoms with van der Waals surface area (Å²) in [7, 11) is 0. The first-order valence-electron chi connectivity index (χ1n) is 8.92. The number of halogens is 1. The minimum Gasteiger partial charge on any atom is -0.467 e. The highest BCUT2D eigenvalue weighted by molar-refractivity contribution is 6.28. The molecule has 0 bridgehead atoms. The summed E-state index contributed by atoms with van der Waals surface area (Å²) in [6, 6.07) is 6.93. The molecular weight excluding hydrogens is 365 g/mol. The molecule has 0 spiro atoms. The Morgan fingerprint density at radius 3 is 2.86 bits per heavy atom. The lowest BCUT2D eigenvalue weighted by Gasteiger charge is -2.35. The number of hydrogen-bond donors (Lipinski definition) is 1. The Morgan fingerprint density at radius 1 is 1.29 bits per heavy atom. The van der Waals surface area contributed by atoms with Crippen molar-refractivity contribution in [3.05, 3.63) is 65.5 Å². The van der Waals surface area contributed by atoms with Gasteiger partial charge in [0.1, 0.15) is 17.2 Å². The van der Waals surface area contributed by atoms with Crippen LogP contribution >= 0.6 is 0 Å². The van der Waals surface area contributed by atoms with Gasteiger partial charge in [-0.15, -0.1) is 0 Å². The summed E-state index contributed by atoms with van der Waals surface area (Å²) in [6.07, 6.45) is 4.33. The monoisotopic (exact) mass is 383 g/mol. The van der Waals surface area contributed by atoms with Crippen molar-refractivity contribution in [1.29, 1.82) is 0 Å². The van der Waals surface area contributed by atoms with Gasteiger partial charge < -0.3 is 9.32 Å². The number of nitrogens with one attached hydrogen (secondary N) is 1. The SMILES string of the molecule is CC1CCc2cc(F)ccc2N1/C=C1/C(=O)NC(=O)N(Cc2ccco2)C1=O. The Kier molecular flexibility index (Phi) is 4.46. The second-order valence-corrected chi connectivity index (χ2v) is 6.84. The summed E-state index contributed by atoms with van der Waals surface area (Å²) in [5.41, 5.74) is 1.39. The van der Waals surface area contributed by atoms with Crippen LogP contribution in [-0.4, -0.2) is 28.8 Å². The zero-order valence-electron chi connectivity index (χ0n) is 15.1. The maximum atomic E-state index is 13.6. The first-order chi connectivity index (χ1) is 13.4. The zero-order chi connectivity index (χ0) is 19.8. The van der Waals surface area contributed by atoms with E-state index >= 15 is 0 Å². The number of urea groups is 1. The molecule has 28 heavy (non-hydrogen) atoms. The number of fused-ring (bicyclic) bond motifs is 1. The van der Waals surface area contributed by atoms with Gasteiger partial charge in [-0.3, -0.25) is 19.8 Å². The number of carbonyl (C=O) groups is 3. The predicted molar refractivity (Wildman–Crippen MR) is 97.5 cm³/mol. The smallest absolute Gasteiger partial charge is 0.331 e. The molecule has 1 N–H and O–H groups in total. The Balaban J connectivity index is 1.69. The minimum atomic E-state index is -0.794. The summed E-state index contributed by atoms with van der Waals surface area (Å²) in [6.45, 7) is 1.87. The van der Waals surface area contributed by atoms with Crippen molar-refractivity contribution in [2.75, 3.05) is 4.90 Å². The number of benzene rings is 1. The summed E-state index contributed by atoms with van der Waals surface area (Å²) in [5, 5.41) is 2.19. The van der Waals surface area contributed by atoms with E-state index in [0.29, 0.717) is 12.2 Å². The zero-order valence-corrected chi connectivity index (χ0v) is 15.1. The molecule has 1 saturated heterocycles. The number of rotatable bonds is 3. The molecule has 1 atom stereocenters. The van der Waals surface area contributed by atoms with Crippen molar-refractivity contribution in [2.24, 2.45) is 0 Å². The molecule has 8 heteroatoms. The first-order valence-corrected chi connectivity index (χ1v) is 8.92. The topological polar surface area (TPSA) is 82.9 Å². The van der Waals surface area contributed by atoms with E-state index in [9.17, 15) is 18.8 Å². The van der Waals surface area contributed by atoms with Crippen molar-refractivity contribution < 1.29 is 23.2 Å². The Labute approximate surface area is 160 Å². The fourth-order valence-corrected chi connectivity index (χ4v) is 3.47. The van der Waals surface area contributed by atoms with Gasteiger partial charge in [0, 0.05) is 17.9 Å². The van der Waals surface area contributed by atoms with Crippen LogP contribution < -0.4 is 10.2 Å². The van der Waals surface area contributed by atoms with Crippen LogP contribution in [0.15, 0.2) is 52.8 Å². The standard InChI is InChI=1S/C20H18FN3O4/c1-12-4-5-13-9-14(21)6-7-17(13)23(12)11-16-18(25)22-20(27)24(19(16)26)10-15-3-2-8-28-15/h2-3,6-9,11-12H,4-5,10H2,1H3,(H,22,25,27)/b16-11-. The number of barbiturate groups is 1. The third-order valence-electron chi connectivity index (χ3n) is 4.97. The van der Waals surface area contributed by atoms with E-state index in [2.05, 4.69) is 5.32 Å². The van der Waals surface area contributed by atoms with E-state index in [1.54, 1.807) is 23.1 Å². The highest BCUT2D eigenvalue weighted by Crippen LogP contribution is 2.32. The molecule has 1 aromatic carbocycles. The molecule has 2 aliphatic rings. The molecular formula is C20H18FN3O4. The molecule has 1 aromatic heterocycles. The maximum absolute atomic E-state index is 13.6. The molecule has 4 rings (SSSR count). The van der Waals surface area contributed by atoms with Gasteiger partial charge in [0.15, 0.2) is 0 Å². The van der Waals surface area contributed by atoms with Crippen LogP contribution in [0, 0.1) is 5.82 Å². The van der Waals surface area contributed by atoms with E-state index in [0.717, 1.165) is 22.6 Å². The number of aryl methyl sites for hydroxylation is 1. The Morgan fingerprint density at radius 2 is 2.11 bits per heavy atom. The summed E-state index contributed by atoms with van der Waals surface area (Å²) >= 11 is 0. The molecule has 7 nitrogen and oxygen atoms in total. The molecule has 2 aromatic rings. The first kappa shape index (κ1) is 18.0. The third-order valence-corrected chi connectivity index (χ3v) is 4.97. The van der Waals surface area contributed by atoms with Gasteiger partial charge in [0.05, 0.1) is 12.8 Å². The lowest BCUT2D eigenvalue weighted by molar-refractivity contribution is -0.130. The van der Waals surface area contributed by atoms with Crippen LogP contribution in [0.3, 0.4) is 0 Å². The van der Waals surface area contributed by atoms with Gasteiger partial charge in [-0.1, -0.05) is 0 Å². The second-order valence-electron chi connectivity index (χ2n) is 6.84. The van der Waals surface area contributed by atoms with E-state index in [-0.39, 0.29) is 24.0 Å². The van der Waals surface area contributed by atoms with Crippen molar-refractivity contribution in [1.82, 2.24) is 10.2 Å². The molecule has 0 aliphatic carbocycles. The quantitative estimate of drug-likeness (QED) is 0.651. The average Bonchev–Trinajstić information content (AvgIpc) is 3.17. The highest BCUT2D eigenvalue weighted by atomic mass is 19.1. The Bertz CT molecular complexity index is 983. The number of hydrogen-bond acceptors (Lipinski definition) is 5. The van der Waals surface area contributed by atoms with Gasteiger partial charge in [-0.25, -0.2) is 9.18 Å². The van der Waals surface area contributed by atoms with Crippen LogP contribution in [0.25, 0.3) is 0 Å². The molecule has 2 aliphatic heterocycles. The normalized spacial score (nSPS) is 21.1. The minimum absolute atomic E-state index is 0.00205. The largest absolute Gasteiger partial charge is 0.467 e. The van der Waals surface area contributed by atoms with E-state index in [1.165, 1.54) is 24.6 Å². The van der Waals surface area contributed by atoms with Crippen LogP contribution in [0.1, 0.15) is 24.7 Å². The van der Waals surface area contributed by atoms with Crippen LogP contribution in [0.4, 0.5) is 14.9 Å². The average molecular weight is 383 g/mol. The molecule has 144 valence electrons. The van der Waals surface area contributed by atoms with Crippen molar-refractivity contribution in [2.45, 2.75) is 32.4 Å². The van der Waals surface area contributed by atoms with Gasteiger partial charge in [-0.2, -0.15) is 0 Å². The molecule has 0 radical (unpaired) electrons. The number of nitrogens with zero attached hydrogens (tertiary/aromatic N) is 2. The van der Waals surface area contributed by atoms with Gasteiger partial charge >= 0.3 is 6.03 Å². The lowest BCUT2D eigenvalue weighted by atomic mass is 9.96. The van der Waals surface area contributed by atoms with E-state index < -0.39 is 17.8 Å². The maximum Gasteiger partial charge on any atom is 0.331 e. The van der Waals surface area contributed by atoms with E-state index in [1.807, 2.05) is 6.92 Å². The van der Waals surface area contributed by atoms with Crippen LogP contribution in [0.2, 0.25) is 0 Å². The van der Waals surface area contributed by atoms with Crippen molar-refractivity contribution >= 4 is 23.5 Å². The number of anilines is 1. The lowest BCUT2D eigenvalue weighted by Crippen LogP contribution is -2.54. The fourth-order valence-electron chi connectivity index (χ4n) is 3.47. The van der Waals surface area contributed by atoms with E-state index in [4.69, 9.17) is 4.42 Å². The van der Waals surface area contributed by atoms with Gasteiger partial charge in [0.25, 0.3) is 11.8 Å². The summed E-state index contributed by atoms with van der Waals surface area (Å²) in [4.78, 5) is 40.1. The van der Waals surface area contributed by atoms with Crippen molar-refractivity contribution in [3.63, 3.8) is 0 Å². The highest BCUT2D eigenvalue weighted by Gasteiger charge is 2.37. The molecule has 1 unspecified atom stereocenters. The van der Waals surface area contributed by atoms with Crippen LogP contribution in [-0.2, 0) is 22.6 Å². The Hall–Kier alpha value is -3.42. The number of furan rings is 1.